The summed E-state index contributed by atoms with van der Waals surface area (Å²) in [5, 5.41) is 1.05. The highest BCUT2D eigenvalue weighted by Gasteiger charge is 2.19. The lowest BCUT2D eigenvalue weighted by molar-refractivity contribution is -0.0421. The molecular weight excluding hydrogens is 294 g/mol. The van der Waals surface area contributed by atoms with Crippen LogP contribution >= 0.6 is 23.5 Å². The summed E-state index contributed by atoms with van der Waals surface area (Å²) in [6.07, 6.45) is 4.26. The lowest BCUT2D eigenvalue weighted by Gasteiger charge is -2.22. The number of thioether (sulfide) groups is 1. The molecule has 0 aromatic carbocycles. The molecule has 0 radical (unpaired) electrons. The molecule has 0 amide bonds. The Kier molecular flexibility index (Phi) is 5.06. The SMILES string of the molecule is CN1CCC=C(c2nsnc2SCCC2OCCO2)C1. The molecule has 2 aliphatic heterocycles. The van der Waals surface area contributed by atoms with Crippen molar-refractivity contribution in [2.45, 2.75) is 24.2 Å². The van der Waals surface area contributed by atoms with Gasteiger partial charge >= 0.3 is 0 Å². The van der Waals surface area contributed by atoms with Crippen LogP contribution < -0.4 is 0 Å². The summed E-state index contributed by atoms with van der Waals surface area (Å²) in [6.45, 7) is 3.53. The Balaban J connectivity index is 1.57. The Morgan fingerprint density at radius 1 is 1.40 bits per heavy atom. The van der Waals surface area contributed by atoms with Gasteiger partial charge in [0.25, 0.3) is 0 Å². The van der Waals surface area contributed by atoms with Crippen molar-refractivity contribution in [3.05, 3.63) is 11.8 Å². The molecule has 0 bridgehead atoms. The van der Waals surface area contributed by atoms with Gasteiger partial charge < -0.3 is 14.4 Å². The molecule has 3 rings (SSSR count). The van der Waals surface area contributed by atoms with Crippen molar-refractivity contribution in [1.29, 1.82) is 0 Å². The Bertz CT molecular complexity index is 472. The van der Waals surface area contributed by atoms with E-state index in [-0.39, 0.29) is 6.29 Å². The monoisotopic (exact) mass is 313 g/mol. The van der Waals surface area contributed by atoms with Crippen molar-refractivity contribution >= 4 is 29.1 Å². The smallest absolute Gasteiger partial charge is 0.158 e. The summed E-state index contributed by atoms with van der Waals surface area (Å²) in [5.41, 5.74) is 2.38. The van der Waals surface area contributed by atoms with E-state index in [9.17, 15) is 0 Å². The minimum atomic E-state index is -0.0300. The lowest BCUT2D eigenvalue weighted by Crippen LogP contribution is -2.25. The zero-order valence-electron chi connectivity index (χ0n) is 11.6. The summed E-state index contributed by atoms with van der Waals surface area (Å²) in [5.74, 6) is 0.951. The number of likely N-dealkylation sites (N-methyl/N-ethyl adjacent to an activating group) is 1. The van der Waals surface area contributed by atoms with Crippen molar-refractivity contribution in [3.63, 3.8) is 0 Å². The molecule has 2 aliphatic rings. The van der Waals surface area contributed by atoms with Gasteiger partial charge in [-0.15, -0.1) is 11.8 Å². The summed E-state index contributed by atoms with van der Waals surface area (Å²) in [4.78, 5) is 2.32. The summed E-state index contributed by atoms with van der Waals surface area (Å²) >= 11 is 3.05. The Hall–Kier alpha value is -0.470. The van der Waals surface area contributed by atoms with Crippen LogP contribution in [-0.2, 0) is 9.47 Å². The topological polar surface area (TPSA) is 47.5 Å². The second-order valence-corrected chi connectivity index (χ2v) is 6.59. The molecule has 110 valence electrons. The third-order valence-corrected chi connectivity index (χ3v) is 5.03. The summed E-state index contributed by atoms with van der Waals surface area (Å²) < 4.78 is 19.8. The summed E-state index contributed by atoms with van der Waals surface area (Å²) in [6, 6.07) is 0. The van der Waals surface area contributed by atoms with E-state index in [1.165, 1.54) is 17.3 Å². The molecule has 0 aliphatic carbocycles. The predicted octanol–water partition coefficient (Wildman–Crippen LogP) is 2.11. The Morgan fingerprint density at radius 2 is 2.25 bits per heavy atom. The molecule has 3 heterocycles. The van der Waals surface area contributed by atoms with Gasteiger partial charge in [-0.3, -0.25) is 0 Å². The fourth-order valence-corrected chi connectivity index (χ4v) is 4.03. The molecule has 7 heteroatoms. The van der Waals surface area contributed by atoms with Crippen LogP contribution in [0.2, 0.25) is 0 Å². The average molecular weight is 313 g/mol. The molecule has 20 heavy (non-hydrogen) atoms. The predicted molar refractivity (Wildman–Crippen MR) is 81.0 cm³/mol. The number of hydrogen-bond donors (Lipinski definition) is 0. The van der Waals surface area contributed by atoms with Gasteiger partial charge in [0, 0.05) is 25.3 Å². The van der Waals surface area contributed by atoms with Gasteiger partial charge in [0.15, 0.2) is 6.29 Å². The van der Waals surface area contributed by atoms with E-state index < -0.39 is 0 Å². The maximum Gasteiger partial charge on any atom is 0.158 e. The van der Waals surface area contributed by atoms with Crippen LogP contribution in [0, 0.1) is 0 Å². The number of ether oxygens (including phenoxy) is 2. The van der Waals surface area contributed by atoms with Crippen LogP contribution in [0.15, 0.2) is 11.1 Å². The van der Waals surface area contributed by atoms with Crippen LogP contribution in [0.5, 0.6) is 0 Å². The quantitative estimate of drug-likeness (QED) is 0.776. The van der Waals surface area contributed by atoms with Gasteiger partial charge in [-0.1, -0.05) is 6.08 Å². The van der Waals surface area contributed by atoms with Gasteiger partial charge in [-0.05, 0) is 19.0 Å². The molecule has 1 fully saturated rings. The average Bonchev–Trinajstić information content (AvgIpc) is 3.10. The molecule has 0 spiro atoms. The highest BCUT2D eigenvalue weighted by Crippen LogP contribution is 2.29. The largest absolute Gasteiger partial charge is 0.350 e. The van der Waals surface area contributed by atoms with E-state index in [0.717, 1.165) is 55.6 Å². The second kappa shape index (κ2) is 7.00. The van der Waals surface area contributed by atoms with Crippen molar-refractivity contribution in [2.75, 3.05) is 39.1 Å². The van der Waals surface area contributed by atoms with Crippen molar-refractivity contribution < 1.29 is 9.47 Å². The fraction of sp³-hybridized carbons (Fsp3) is 0.692. The van der Waals surface area contributed by atoms with Crippen molar-refractivity contribution in [2.24, 2.45) is 0 Å². The highest BCUT2D eigenvalue weighted by atomic mass is 32.2. The molecule has 0 saturated carbocycles. The van der Waals surface area contributed by atoms with E-state index in [1.54, 1.807) is 11.8 Å². The molecule has 5 nitrogen and oxygen atoms in total. The summed E-state index contributed by atoms with van der Waals surface area (Å²) in [7, 11) is 2.15. The Labute approximate surface area is 127 Å². The maximum absolute atomic E-state index is 5.45. The second-order valence-electron chi connectivity index (χ2n) is 4.98. The first-order valence-corrected chi connectivity index (χ1v) is 8.61. The van der Waals surface area contributed by atoms with Crippen LogP contribution in [0.1, 0.15) is 18.5 Å². The van der Waals surface area contributed by atoms with Gasteiger partial charge in [0.05, 0.1) is 24.9 Å². The normalized spacial score (nSPS) is 21.4. The van der Waals surface area contributed by atoms with Gasteiger partial charge in [-0.25, -0.2) is 0 Å². The molecule has 0 unspecified atom stereocenters. The number of rotatable bonds is 5. The van der Waals surface area contributed by atoms with Crippen molar-refractivity contribution in [1.82, 2.24) is 13.6 Å². The zero-order chi connectivity index (χ0) is 13.8. The first-order chi connectivity index (χ1) is 9.83. The van der Waals surface area contributed by atoms with Crippen molar-refractivity contribution in [3.8, 4) is 0 Å². The van der Waals surface area contributed by atoms with Gasteiger partial charge in [0.2, 0.25) is 0 Å². The van der Waals surface area contributed by atoms with E-state index >= 15 is 0 Å². The molecule has 0 N–H and O–H groups in total. The molecule has 1 saturated heterocycles. The molecule has 1 aromatic heterocycles. The first-order valence-electron chi connectivity index (χ1n) is 6.89. The molecule has 0 atom stereocenters. The van der Waals surface area contributed by atoms with Crippen LogP contribution in [0.3, 0.4) is 0 Å². The van der Waals surface area contributed by atoms with E-state index in [1.807, 2.05) is 0 Å². The van der Waals surface area contributed by atoms with Crippen LogP contribution in [0.25, 0.3) is 5.57 Å². The lowest BCUT2D eigenvalue weighted by atomic mass is 10.1. The zero-order valence-corrected chi connectivity index (χ0v) is 13.2. The molecular formula is C13H19N3O2S2. The van der Waals surface area contributed by atoms with E-state index in [2.05, 4.69) is 26.8 Å². The Morgan fingerprint density at radius 3 is 3.05 bits per heavy atom. The number of aromatic nitrogens is 2. The maximum atomic E-state index is 5.45. The number of hydrogen-bond acceptors (Lipinski definition) is 7. The van der Waals surface area contributed by atoms with E-state index in [4.69, 9.17) is 9.47 Å². The highest BCUT2D eigenvalue weighted by molar-refractivity contribution is 7.99. The minimum Gasteiger partial charge on any atom is -0.350 e. The van der Waals surface area contributed by atoms with Gasteiger partial charge in [-0.2, -0.15) is 8.75 Å². The van der Waals surface area contributed by atoms with E-state index in [0.29, 0.717) is 0 Å². The van der Waals surface area contributed by atoms with Crippen LogP contribution in [0.4, 0.5) is 0 Å². The van der Waals surface area contributed by atoms with Gasteiger partial charge in [0.1, 0.15) is 10.7 Å². The third-order valence-electron chi connectivity index (χ3n) is 3.39. The molecule has 1 aromatic rings. The van der Waals surface area contributed by atoms with Crippen LogP contribution in [-0.4, -0.2) is 59.0 Å². The first kappa shape index (κ1) is 14.5. The third kappa shape index (κ3) is 3.59. The minimum absolute atomic E-state index is 0.0300. The fourth-order valence-electron chi connectivity index (χ4n) is 2.36. The number of nitrogens with zero attached hydrogens (tertiary/aromatic N) is 3. The standard InChI is InChI=1S/C13H19N3O2S2/c1-16-5-2-3-10(9-16)12-13(15-20-14-12)19-8-4-11-17-6-7-18-11/h3,11H,2,4-9H2,1H3.